The standard InChI is InChI=1S/C12H16ClN3O/c1-8-4-10-12(14-6-8)16(9(2)7-17-3)11(5-13)15-10/h4,6,9H,5,7H2,1-3H3. The summed E-state index contributed by atoms with van der Waals surface area (Å²) < 4.78 is 7.23. The van der Waals surface area contributed by atoms with Crippen molar-refractivity contribution >= 4 is 22.8 Å². The Kier molecular flexibility index (Phi) is 3.64. The van der Waals surface area contributed by atoms with Gasteiger partial charge in [0.15, 0.2) is 5.65 Å². The third-order valence-corrected chi connectivity index (χ3v) is 2.95. The molecule has 2 aromatic heterocycles. The quantitative estimate of drug-likeness (QED) is 0.787. The first-order valence-electron chi connectivity index (χ1n) is 5.55. The Morgan fingerprint density at radius 2 is 2.29 bits per heavy atom. The molecule has 2 heterocycles. The van der Waals surface area contributed by atoms with Gasteiger partial charge in [-0.05, 0) is 25.5 Å². The topological polar surface area (TPSA) is 39.9 Å². The summed E-state index contributed by atoms with van der Waals surface area (Å²) >= 11 is 5.94. The van der Waals surface area contributed by atoms with Gasteiger partial charge in [-0.1, -0.05) is 0 Å². The molecular formula is C12H16ClN3O. The molecule has 0 N–H and O–H groups in total. The van der Waals surface area contributed by atoms with Crippen molar-refractivity contribution in [1.82, 2.24) is 14.5 Å². The number of imidazole rings is 1. The number of halogens is 1. The molecule has 2 rings (SSSR count). The molecule has 0 saturated heterocycles. The van der Waals surface area contributed by atoms with Crippen LogP contribution in [0.5, 0.6) is 0 Å². The number of aryl methyl sites for hydroxylation is 1. The minimum Gasteiger partial charge on any atom is -0.383 e. The van der Waals surface area contributed by atoms with Crippen LogP contribution in [0.15, 0.2) is 12.3 Å². The summed E-state index contributed by atoms with van der Waals surface area (Å²) in [5.74, 6) is 1.22. The number of aromatic nitrogens is 3. The fraction of sp³-hybridized carbons (Fsp3) is 0.500. The fourth-order valence-corrected chi connectivity index (χ4v) is 2.19. The summed E-state index contributed by atoms with van der Waals surface area (Å²) in [6, 6.07) is 2.20. The maximum absolute atomic E-state index is 5.94. The summed E-state index contributed by atoms with van der Waals surface area (Å²) in [7, 11) is 1.69. The minimum atomic E-state index is 0.175. The highest BCUT2D eigenvalue weighted by Gasteiger charge is 2.16. The third-order valence-electron chi connectivity index (χ3n) is 2.71. The van der Waals surface area contributed by atoms with Crippen molar-refractivity contribution in [3.63, 3.8) is 0 Å². The highest BCUT2D eigenvalue weighted by Crippen LogP contribution is 2.21. The normalized spacial score (nSPS) is 13.2. The zero-order valence-electron chi connectivity index (χ0n) is 10.3. The number of hydrogen-bond acceptors (Lipinski definition) is 3. The van der Waals surface area contributed by atoms with Gasteiger partial charge >= 0.3 is 0 Å². The first-order valence-corrected chi connectivity index (χ1v) is 6.09. The van der Waals surface area contributed by atoms with Crippen LogP contribution >= 0.6 is 11.6 Å². The van der Waals surface area contributed by atoms with E-state index in [9.17, 15) is 0 Å². The second-order valence-corrected chi connectivity index (χ2v) is 4.46. The van der Waals surface area contributed by atoms with Gasteiger partial charge in [0.2, 0.25) is 0 Å². The lowest BCUT2D eigenvalue weighted by molar-refractivity contribution is 0.162. The lowest BCUT2D eigenvalue weighted by Gasteiger charge is -2.15. The molecule has 92 valence electrons. The number of hydrogen-bond donors (Lipinski definition) is 0. The molecule has 0 bridgehead atoms. The summed E-state index contributed by atoms with van der Waals surface area (Å²) in [4.78, 5) is 8.95. The van der Waals surface area contributed by atoms with Crippen LogP contribution in [0.3, 0.4) is 0 Å². The molecule has 5 heteroatoms. The maximum Gasteiger partial charge on any atom is 0.160 e. The summed E-state index contributed by atoms with van der Waals surface area (Å²) in [5.41, 5.74) is 2.86. The highest BCUT2D eigenvalue weighted by atomic mass is 35.5. The van der Waals surface area contributed by atoms with Gasteiger partial charge in [-0.25, -0.2) is 9.97 Å². The van der Waals surface area contributed by atoms with E-state index in [4.69, 9.17) is 16.3 Å². The second-order valence-electron chi connectivity index (χ2n) is 4.19. The molecule has 1 atom stereocenters. The molecule has 0 aromatic carbocycles. The molecule has 0 amide bonds. The molecule has 0 saturated carbocycles. The number of alkyl halides is 1. The average molecular weight is 254 g/mol. The fourth-order valence-electron chi connectivity index (χ4n) is 2.00. The summed E-state index contributed by atoms with van der Waals surface area (Å²) in [6.07, 6.45) is 1.85. The van der Waals surface area contributed by atoms with E-state index >= 15 is 0 Å². The van der Waals surface area contributed by atoms with Crippen LogP contribution in [0, 0.1) is 6.92 Å². The largest absolute Gasteiger partial charge is 0.383 e. The van der Waals surface area contributed by atoms with Gasteiger partial charge in [-0.2, -0.15) is 0 Å². The van der Waals surface area contributed by atoms with Gasteiger partial charge in [-0.15, -0.1) is 11.6 Å². The third kappa shape index (κ3) is 2.28. The van der Waals surface area contributed by atoms with E-state index in [-0.39, 0.29) is 6.04 Å². The first kappa shape index (κ1) is 12.3. The van der Waals surface area contributed by atoms with E-state index in [1.807, 2.05) is 23.8 Å². The first-order chi connectivity index (χ1) is 8.17. The molecule has 0 spiro atoms. The average Bonchev–Trinajstić information content (AvgIpc) is 2.66. The Morgan fingerprint density at radius 3 is 2.94 bits per heavy atom. The van der Waals surface area contributed by atoms with Gasteiger partial charge in [0, 0.05) is 13.3 Å². The van der Waals surface area contributed by atoms with Crippen LogP contribution in [0.2, 0.25) is 0 Å². The van der Waals surface area contributed by atoms with Crippen molar-refractivity contribution < 1.29 is 4.74 Å². The zero-order valence-corrected chi connectivity index (χ0v) is 11.0. The van der Waals surface area contributed by atoms with E-state index < -0.39 is 0 Å². The van der Waals surface area contributed by atoms with Crippen LogP contribution in [0.4, 0.5) is 0 Å². The van der Waals surface area contributed by atoms with Crippen LogP contribution < -0.4 is 0 Å². The Morgan fingerprint density at radius 1 is 1.53 bits per heavy atom. The molecule has 0 aliphatic heterocycles. The van der Waals surface area contributed by atoms with Crippen molar-refractivity contribution in [3.8, 4) is 0 Å². The lowest BCUT2D eigenvalue weighted by atomic mass is 10.3. The van der Waals surface area contributed by atoms with Gasteiger partial charge in [-0.3, -0.25) is 0 Å². The predicted octanol–water partition coefficient (Wildman–Crippen LogP) is 2.69. The second kappa shape index (κ2) is 5.02. The number of methoxy groups -OCH3 is 1. The van der Waals surface area contributed by atoms with Gasteiger partial charge in [0.1, 0.15) is 11.3 Å². The van der Waals surface area contributed by atoms with E-state index in [1.54, 1.807) is 7.11 Å². The number of ether oxygens (including phenoxy) is 1. The Balaban J connectivity index is 2.58. The van der Waals surface area contributed by atoms with E-state index in [0.717, 1.165) is 22.6 Å². The molecule has 1 unspecified atom stereocenters. The number of pyridine rings is 1. The lowest BCUT2D eigenvalue weighted by Crippen LogP contribution is -2.14. The summed E-state index contributed by atoms with van der Waals surface area (Å²) in [6.45, 7) is 4.69. The molecular weight excluding hydrogens is 238 g/mol. The van der Waals surface area contributed by atoms with E-state index in [1.165, 1.54) is 0 Å². The molecule has 2 aromatic rings. The molecule has 4 nitrogen and oxygen atoms in total. The molecule has 17 heavy (non-hydrogen) atoms. The number of rotatable bonds is 4. The Hall–Kier alpha value is -1.13. The van der Waals surface area contributed by atoms with Crippen molar-refractivity contribution in [2.45, 2.75) is 25.8 Å². The van der Waals surface area contributed by atoms with Crippen molar-refractivity contribution in [1.29, 1.82) is 0 Å². The summed E-state index contributed by atoms with van der Waals surface area (Å²) in [5, 5.41) is 0. The molecule has 0 fully saturated rings. The van der Waals surface area contributed by atoms with Crippen molar-refractivity contribution in [2.75, 3.05) is 13.7 Å². The minimum absolute atomic E-state index is 0.175. The molecule has 0 aliphatic carbocycles. The van der Waals surface area contributed by atoms with Crippen molar-refractivity contribution in [2.24, 2.45) is 0 Å². The highest BCUT2D eigenvalue weighted by molar-refractivity contribution is 6.16. The van der Waals surface area contributed by atoms with Gasteiger partial charge in [0.25, 0.3) is 0 Å². The van der Waals surface area contributed by atoms with Crippen LogP contribution in [-0.4, -0.2) is 28.3 Å². The van der Waals surface area contributed by atoms with Gasteiger partial charge in [0.05, 0.1) is 18.5 Å². The SMILES string of the molecule is COCC(C)n1c(CCl)nc2cc(C)cnc21. The smallest absolute Gasteiger partial charge is 0.160 e. The number of nitrogens with zero attached hydrogens (tertiary/aromatic N) is 3. The monoisotopic (exact) mass is 253 g/mol. The molecule has 0 radical (unpaired) electrons. The van der Waals surface area contributed by atoms with Crippen LogP contribution in [0.25, 0.3) is 11.2 Å². The van der Waals surface area contributed by atoms with E-state index in [0.29, 0.717) is 12.5 Å². The Bertz CT molecular complexity index is 524. The number of fused-ring (bicyclic) bond motifs is 1. The predicted molar refractivity (Wildman–Crippen MR) is 68.4 cm³/mol. The maximum atomic E-state index is 5.94. The van der Waals surface area contributed by atoms with Gasteiger partial charge < -0.3 is 9.30 Å². The zero-order chi connectivity index (χ0) is 12.4. The van der Waals surface area contributed by atoms with Crippen molar-refractivity contribution in [3.05, 3.63) is 23.7 Å². The van der Waals surface area contributed by atoms with Crippen LogP contribution in [0.1, 0.15) is 24.4 Å². The van der Waals surface area contributed by atoms with Crippen LogP contribution in [-0.2, 0) is 10.6 Å². The Labute approximate surface area is 106 Å². The molecule has 0 aliphatic rings. The van der Waals surface area contributed by atoms with E-state index in [2.05, 4.69) is 16.9 Å².